The van der Waals surface area contributed by atoms with E-state index in [0.29, 0.717) is 13.0 Å². The Balaban J connectivity index is -0.0000000823. The number of rotatable bonds is 4. The number of carbonyl (C=O) groups excluding carboxylic acids is 1. The second-order valence-corrected chi connectivity index (χ2v) is 2.84. The van der Waals surface area contributed by atoms with Crippen LogP contribution in [-0.4, -0.2) is 35.3 Å². The molecule has 0 atom stereocenters. The van der Waals surface area contributed by atoms with Crippen molar-refractivity contribution in [3.8, 4) is 0 Å². The molecule has 100 valence electrons. The van der Waals surface area contributed by atoms with E-state index in [2.05, 4.69) is 13.2 Å². The first-order valence-corrected chi connectivity index (χ1v) is 4.83. The molecule has 0 unspecified atom stereocenters. The van der Waals surface area contributed by atoms with Crippen molar-refractivity contribution >= 4 is 11.9 Å². The molecule has 0 amide bonds. The van der Waals surface area contributed by atoms with Gasteiger partial charge in [-0.2, -0.15) is 0 Å². The molecule has 0 saturated heterocycles. The zero-order valence-electron chi connectivity index (χ0n) is 11.2. The number of carboxylic acids is 2. The minimum absolute atomic E-state index is 0. The van der Waals surface area contributed by atoms with E-state index in [0.717, 1.165) is 0 Å². The molecule has 0 aliphatic heterocycles. The Kier molecular flexibility index (Phi) is 27.0. The molecule has 6 nitrogen and oxygen atoms in total. The number of hydrogen-bond donors (Lipinski definition) is 3. The number of aliphatic hydroxyl groups is 1. The summed E-state index contributed by atoms with van der Waals surface area (Å²) in [4.78, 5) is 19.3. The molecule has 18 heavy (non-hydrogen) atoms. The quantitative estimate of drug-likeness (QED) is 0.356. The monoisotopic (exact) mass is 269 g/mol. The second-order valence-electron chi connectivity index (χ2n) is 2.84. The van der Waals surface area contributed by atoms with Gasteiger partial charge in [0, 0.05) is 12.1 Å². The molecule has 0 radical (unpaired) electrons. The fourth-order valence-electron chi connectivity index (χ4n) is 0.144. The van der Waals surface area contributed by atoms with Crippen LogP contribution in [0.25, 0.3) is 0 Å². The number of carbonyl (C=O) groups is 2. The van der Waals surface area contributed by atoms with E-state index in [1.165, 1.54) is 6.92 Å². The third kappa shape index (κ3) is 29.5. The third-order valence-corrected chi connectivity index (χ3v) is 1.21. The van der Waals surface area contributed by atoms with E-state index in [1.807, 2.05) is 0 Å². The molecular weight excluding hydrogens is 249 g/mol. The van der Waals surface area contributed by atoms with Gasteiger partial charge in [0.1, 0.15) is 0 Å². The van der Waals surface area contributed by atoms with Gasteiger partial charge in [0.05, 0.1) is 12.6 Å². The van der Waals surface area contributed by atoms with Gasteiger partial charge in [0.2, 0.25) is 0 Å². The smallest absolute Gasteiger partial charge is 0.545 e. The van der Waals surface area contributed by atoms with Gasteiger partial charge >= 0.3 is 35.5 Å². The first-order chi connectivity index (χ1) is 7.74. The number of aliphatic carboxylic acids is 2. The van der Waals surface area contributed by atoms with Gasteiger partial charge in [0.15, 0.2) is 0 Å². The number of carboxylic acid groups (broad SMARTS) is 2. The molecule has 0 spiro atoms. The van der Waals surface area contributed by atoms with Crippen LogP contribution in [0.3, 0.4) is 0 Å². The molecule has 0 fully saturated rings. The Hall–Kier alpha value is -0.660. The van der Waals surface area contributed by atoms with Crippen LogP contribution in [0.1, 0.15) is 20.3 Å². The first-order valence-electron chi connectivity index (χ1n) is 4.83. The van der Waals surface area contributed by atoms with Crippen molar-refractivity contribution in [1.29, 1.82) is 0 Å². The van der Waals surface area contributed by atoms with Crippen LogP contribution >= 0.6 is 0 Å². The summed E-state index contributed by atoms with van der Waals surface area (Å²) >= 11 is 0. The fourth-order valence-corrected chi connectivity index (χ4v) is 0.144. The van der Waals surface area contributed by atoms with E-state index in [1.54, 1.807) is 6.92 Å². The number of aliphatic hydroxyl groups excluding tert-OH is 1. The van der Waals surface area contributed by atoms with Crippen LogP contribution in [0.4, 0.5) is 0 Å². The van der Waals surface area contributed by atoms with E-state index in [4.69, 9.17) is 15.9 Å². The molecule has 0 aliphatic carbocycles. The average Bonchev–Trinajstić information content (AvgIpc) is 2.28. The van der Waals surface area contributed by atoms with Crippen molar-refractivity contribution in [3.05, 3.63) is 24.3 Å². The van der Waals surface area contributed by atoms with Crippen LogP contribution in [0.15, 0.2) is 24.3 Å². The normalized spacial score (nSPS) is 7.33. The molecule has 0 rings (SSSR count). The van der Waals surface area contributed by atoms with Crippen LogP contribution in [-0.2, 0) is 9.59 Å². The predicted octanol–water partition coefficient (Wildman–Crippen LogP) is -3.71. The minimum atomic E-state index is -1.15. The predicted molar refractivity (Wildman–Crippen MR) is 63.0 cm³/mol. The number of hydrogen-bond acceptors (Lipinski definition) is 5. The molecule has 0 heterocycles. The first kappa shape index (κ1) is 26.0. The fraction of sp³-hybridized carbons (Fsp3) is 0.455. The molecule has 0 aliphatic rings. The van der Waals surface area contributed by atoms with Gasteiger partial charge < -0.3 is 25.8 Å². The molecule has 0 bridgehead atoms. The van der Waals surface area contributed by atoms with E-state index < -0.39 is 11.9 Å². The maximum atomic E-state index is 9.72. The Morgan fingerprint density at radius 2 is 1.61 bits per heavy atom. The molecule has 0 aromatic rings. The molecule has 0 saturated carbocycles. The SMILES string of the molecule is C=C(C)C(=O)O.C=C(CC)C(=O)[O-].NCCO.[Na+]. The van der Waals surface area contributed by atoms with Crippen LogP contribution in [0.2, 0.25) is 0 Å². The third-order valence-electron chi connectivity index (χ3n) is 1.21. The van der Waals surface area contributed by atoms with Gasteiger partial charge in [-0.05, 0) is 18.9 Å². The van der Waals surface area contributed by atoms with Crippen LogP contribution in [0, 0.1) is 0 Å². The topological polar surface area (TPSA) is 124 Å². The van der Waals surface area contributed by atoms with Crippen molar-refractivity contribution in [3.63, 3.8) is 0 Å². The largest absolute Gasteiger partial charge is 1.00 e. The minimum Gasteiger partial charge on any atom is -0.545 e. The van der Waals surface area contributed by atoms with Gasteiger partial charge in [-0.25, -0.2) is 4.79 Å². The van der Waals surface area contributed by atoms with Crippen LogP contribution in [0.5, 0.6) is 0 Å². The molecular formula is C11H20NNaO5. The zero-order valence-corrected chi connectivity index (χ0v) is 13.2. The molecule has 4 N–H and O–H groups in total. The summed E-state index contributed by atoms with van der Waals surface area (Å²) < 4.78 is 0. The maximum absolute atomic E-state index is 9.72. The Bertz CT molecular complexity index is 252. The van der Waals surface area contributed by atoms with Crippen molar-refractivity contribution in [2.75, 3.05) is 13.2 Å². The molecule has 0 aromatic heterocycles. The molecule has 0 aromatic carbocycles. The standard InChI is InChI=1S/C5H8O2.C4H6O2.C2H7NO.Na/c1-3-4(2)5(6)7;1-3(2)4(5)6;3-1-2-4;/h2-3H2,1H3,(H,6,7);1H2,2H3,(H,5,6);4H,1-3H2;/q;;;+1/p-1. The van der Waals surface area contributed by atoms with E-state index >= 15 is 0 Å². The summed E-state index contributed by atoms with van der Waals surface area (Å²) in [5.41, 5.74) is 5.11. The van der Waals surface area contributed by atoms with Crippen molar-refractivity contribution in [1.82, 2.24) is 0 Å². The average molecular weight is 269 g/mol. The summed E-state index contributed by atoms with van der Waals surface area (Å²) in [6.45, 7) is 10.0. The Morgan fingerprint density at radius 3 is 1.61 bits per heavy atom. The summed E-state index contributed by atoms with van der Waals surface area (Å²) in [7, 11) is 0. The summed E-state index contributed by atoms with van der Waals surface area (Å²) in [6, 6.07) is 0. The van der Waals surface area contributed by atoms with Gasteiger partial charge in [-0.1, -0.05) is 20.1 Å². The van der Waals surface area contributed by atoms with Crippen molar-refractivity contribution in [2.45, 2.75) is 20.3 Å². The second kappa shape index (κ2) is 18.7. The van der Waals surface area contributed by atoms with Gasteiger partial charge in [-0.15, -0.1) is 0 Å². The molecule has 7 heteroatoms. The Morgan fingerprint density at radius 1 is 1.33 bits per heavy atom. The van der Waals surface area contributed by atoms with E-state index in [9.17, 15) is 14.7 Å². The maximum Gasteiger partial charge on any atom is 1.00 e. The summed E-state index contributed by atoms with van der Waals surface area (Å²) in [6.07, 6.45) is 0.461. The van der Waals surface area contributed by atoms with E-state index in [-0.39, 0.29) is 47.3 Å². The van der Waals surface area contributed by atoms with Crippen LogP contribution < -0.4 is 40.4 Å². The zero-order chi connectivity index (χ0) is 14.4. The van der Waals surface area contributed by atoms with Crippen molar-refractivity contribution in [2.24, 2.45) is 5.73 Å². The van der Waals surface area contributed by atoms with Gasteiger partial charge in [0.25, 0.3) is 0 Å². The van der Waals surface area contributed by atoms with Crippen molar-refractivity contribution < 1.29 is 54.5 Å². The number of nitrogens with two attached hydrogens (primary N) is 1. The Labute approximate surface area is 129 Å². The van der Waals surface area contributed by atoms with Gasteiger partial charge in [-0.3, -0.25) is 0 Å². The summed E-state index contributed by atoms with van der Waals surface area (Å²) in [5.74, 6) is -2.09. The summed E-state index contributed by atoms with van der Waals surface area (Å²) in [5, 5.41) is 25.4.